The van der Waals surface area contributed by atoms with Crippen LogP contribution in [-0.2, 0) is 16.4 Å². The zero-order valence-electron chi connectivity index (χ0n) is 17.9. The number of nitrogens with one attached hydrogen (secondary N) is 1. The van der Waals surface area contributed by atoms with Crippen LogP contribution in [0.25, 0.3) is 0 Å². The summed E-state index contributed by atoms with van der Waals surface area (Å²) in [5.41, 5.74) is 3.11. The molecule has 0 saturated carbocycles. The summed E-state index contributed by atoms with van der Waals surface area (Å²) in [4.78, 5) is 27.8. The fourth-order valence-electron chi connectivity index (χ4n) is 4.32. The highest BCUT2D eigenvalue weighted by Crippen LogP contribution is 2.30. The number of carbonyl (C=O) groups is 2. The molecule has 2 amide bonds. The maximum atomic E-state index is 13.0. The van der Waals surface area contributed by atoms with E-state index >= 15 is 0 Å². The molecule has 1 N–H and O–H groups in total. The molecule has 0 radical (unpaired) electrons. The van der Waals surface area contributed by atoms with Crippen LogP contribution in [0, 0.1) is 0 Å². The molecule has 2 aromatic carbocycles. The van der Waals surface area contributed by atoms with Crippen molar-refractivity contribution in [3.63, 3.8) is 0 Å². The number of thiophene rings is 1. The normalized spacial score (nSPS) is 16.1. The molecule has 1 fully saturated rings. The topological polar surface area (TPSA) is 86.8 Å². The van der Waals surface area contributed by atoms with Gasteiger partial charge in [0.15, 0.2) is 0 Å². The molecule has 2 aliphatic rings. The number of anilines is 2. The zero-order valence-corrected chi connectivity index (χ0v) is 19.5. The molecule has 2 aliphatic heterocycles. The molecule has 0 bridgehead atoms. The number of benzene rings is 2. The number of nitrogens with zero attached hydrogens (tertiary/aromatic N) is 2. The van der Waals surface area contributed by atoms with E-state index in [1.165, 1.54) is 10.4 Å². The van der Waals surface area contributed by atoms with E-state index < -0.39 is 15.9 Å². The minimum atomic E-state index is -3.68. The summed E-state index contributed by atoms with van der Waals surface area (Å²) in [5, 5.41) is 4.38. The van der Waals surface area contributed by atoms with Crippen LogP contribution in [0.3, 0.4) is 0 Å². The van der Waals surface area contributed by atoms with Gasteiger partial charge in [0.1, 0.15) is 9.77 Å². The molecule has 0 aliphatic carbocycles. The van der Waals surface area contributed by atoms with Gasteiger partial charge in [0.25, 0.3) is 11.8 Å². The molecule has 9 heteroatoms. The Morgan fingerprint density at radius 2 is 1.64 bits per heavy atom. The number of hydrogen-bond donors (Lipinski definition) is 1. The number of amides is 2. The molecular weight excluding hydrogens is 458 g/mol. The summed E-state index contributed by atoms with van der Waals surface area (Å²) < 4.78 is 27.3. The standard InChI is InChI=1S/C24H23N3O4S2/c28-23(22-21(12-16-32-22)33(30,31)26-13-3-4-14-26)25-19-9-7-18(8-10-19)24(29)27-15-11-17-5-1-2-6-20(17)27/h1-2,5-10,12,16H,3-4,11,13-15H2,(H,25,28). The first-order valence-electron chi connectivity index (χ1n) is 10.8. The van der Waals surface area contributed by atoms with Crippen molar-refractivity contribution in [3.05, 3.63) is 76.0 Å². The Labute approximate surface area is 196 Å². The summed E-state index contributed by atoms with van der Waals surface area (Å²) in [6, 6.07) is 16.0. The van der Waals surface area contributed by atoms with Crippen molar-refractivity contribution >= 4 is 44.5 Å². The third-order valence-electron chi connectivity index (χ3n) is 6.04. The lowest BCUT2D eigenvalue weighted by Crippen LogP contribution is -2.29. The maximum Gasteiger partial charge on any atom is 0.267 e. The highest BCUT2D eigenvalue weighted by Gasteiger charge is 2.32. The minimum absolute atomic E-state index is 0.0476. The summed E-state index contributed by atoms with van der Waals surface area (Å²) in [5.74, 6) is -0.564. The van der Waals surface area contributed by atoms with E-state index in [2.05, 4.69) is 5.32 Å². The van der Waals surface area contributed by atoms with Gasteiger partial charge in [0.2, 0.25) is 10.0 Å². The third-order valence-corrected chi connectivity index (χ3v) is 9.02. The van der Waals surface area contributed by atoms with E-state index in [0.29, 0.717) is 30.9 Å². The molecule has 1 saturated heterocycles. The largest absolute Gasteiger partial charge is 0.321 e. The van der Waals surface area contributed by atoms with Gasteiger partial charge in [-0.15, -0.1) is 11.3 Å². The average Bonchev–Trinajstić information content (AvgIpc) is 3.60. The van der Waals surface area contributed by atoms with Crippen molar-refractivity contribution in [2.24, 2.45) is 0 Å². The van der Waals surface area contributed by atoms with Crippen molar-refractivity contribution in [1.82, 2.24) is 4.31 Å². The van der Waals surface area contributed by atoms with Crippen LogP contribution in [0.4, 0.5) is 11.4 Å². The molecule has 33 heavy (non-hydrogen) atoms. The summed E-state index contributed by atoms with van der Waals surface area (Å²) in [7, 11) is -3.68. The van der Waals surface area contributed by atoms with Crippen molar-refractivity contribution in [3.8, 4) is 0 Å². The third kappa shape index (κ3) is 4.07. The Kier molecular flexibility index (Phi) is 5.77. The van der Waals surface area contributed by atoms with Crippen LogP contribution in [-0.4, -0.2) is 44.2 Å². The highest BCUT2D eigenvalue weighted by molar-refractivity contribution is 7.89. The van der Waals surface area contributed by atoms with Gasteiger partial charge in [-0.25, -0.2) is 8.42 Å². The van der Waals surface area contributed by atoms with Crippen molar-refractivity contribution in [1.29, 1.82) is 0 Å². The second-order valence-electron chi connectivity index (χ2n) is 8.09. The smallest absolute Gasteiger partial charge is 0.267 e. The monoisotopic (exact) mass is 481 g/mol. The Morgan fingerprint density at radius 1 is 0.909 bits per heavy atom. The molecule has 3 heterocycles. The van der Waals surface area contributed by atoms with Crippen LogP contribution >= 0.6 is 11.3 Å². The van der Waals surface area contributed by atoms with E-state index in [1.807, 2.05) is 24.3 Å². The van der Waals surface area contributed by atoms with Crippen LogP contribution in [0.15, 0.2) is 64.9 Å². The Hall–Kier alpha value is -3.01. The van der Waals surface area contributed by atoms with Gasteiger partial charge >= 0.3 is 0 Å². The lowest BCUT2D eigenvalue weighted by atomic mass is 10.1. The Balaban J connectivity index is 1.30. The summed E-state index contributed by atoms with van der Waals surface area (Å²) in [6.07, 6.45) is 2.50. The first kappa shape index (κ1) is 21.8. The van der Waals surface area contributed by atoms with Gasteiger partial charge in [-0.1, -0.05) is 18.2 Å². The Bertz CT molecular complexity index is 1310. The fraction of sp³-hybridized carbons (Fsp3) is 0.250. The van der Waals surface area contributed by atoms with E-state index in [-0.39, 0.29) is 15.7 Å². The predicted molar refractivity (Wildman–Crippen MR) is 129 cm³/mol. The highest BCUT2D eigenvalue weighted by atomic mass is 32.2. The SMILES string of the molecule is O=C(Nc1ccc(C(=O)N2CCc3ccccc32)cc1)c1sccc1S(=O)(=O)N1CCCC1. The molecule has 0 spiro atoms. The molecule has 0 unspecified atom stereocenters. The Morgan fingerprint density at radius 3 is 2.39 bits per heavy atom. The first-order valence-corrected chi connectivity index (χ1v) is 13.2. The number of fused-ring (bicyclic) bond motifs is 1. The molecule has 5 rings (SSSR count). The quantitative estimate of drug-likeness (QED) is 0.597. The predicted octanol–water partition coefficient (Wildman–Crippen LogP) is 3.99. The van der Waals surface area contributed by atoms with Gasteiger partial charge in [-0.3, -0.25) is 9.59 Å². The van der Waals surface area contributed by atoms with Gasteiger partial charge in [-0.05, 0) is 66.6 Å². The van der Waals surface area contributed by atoms with E-state index in [1.54, 1.807) is 34.5 Å². The van der Waals surface area contributed by atoms with E-state index in [0.717, 1.165) is 41.9 Å². The number of rotatable bonds is 5. The molecule has 7 nitrogen and oxygen atoms in total. The van der Waals surface area contributed by atoms with Crippen LogP contribution in [0.1, 0.15) is 38.4 Å². The second kappa shape index (κ2) is 8.74. The number of sulfonamides is 1. The first-order chi connectivity index (χ1) is 15.9. The van der Waals surface area contributed by atoms with Gasteiger partial charge in [-0.2, -0.15) is 4.31 Å². The molecule has 170 valence electrons. The second-order valence-corrected chi connectivity index (χ2v) is 10.9. The number of hydrogen-bond acceptors (Lipinski definition) is 5. The van der Waals surface area contributed by atoms with Crippen LogP contribution < -0.4 is 10.2 Å². The minimum Gasteiger partial charge on any atom is -0.321 e. The van der Waals surface area contributed by atoms with Gasteiger partial charge in [0, 0.05) is 36.6 Å². The fourth-order valence-corrected chi connectivity index (χ4v) is 7.14. The maximum absolute atomic E-state index is 13.0. The van der Waals surface area contributed by atoms with E-state index in [9.17, 15) is 18.0 Å². The van der Waals surface area contributed by atoms with Crippen molar-refractivity contribution in [2.45, 2.75) is 24.2 Å². The molecule has 1 aromatic heterocycles. The van der Waals surface area contributed by atoms with E-state index in [4.69, 9.17) is 0 Å². The van der Waals surface area contributed by atoms with Crippen molar-refractivity contribution < 1.29 is 18.0 Å². The van der Waals surface area contributed by atoms with Gasteiger partial charge < -0.3 is 10.2 Å². The molecule has 3 aromatic rings. The summed E-state index contributed by atoms with van der Waals surface area (Å²) in [6.45, 7) is 1.61. The number of carbonyl (C=O) groups excluding carboxylic acids is 2. The number of para-hydroxylation sites is 1. The van der Waals surface area contributed by atoms with Crippen LogP contribution in [0.5, 0.6) is 0 Å². The van der Waals surface area contributed by atoms with Crippen molar-refractivity contribution in [2.75, 3.05) is 29.9 Å². The molecule has 0 atom stereocenters. The van der Waals surface area contributed by atoms with Gasteiger partial charge in [0.05, 0.1) is 0 Å². The lowest BCUT2D eigenvalue weighted by molar-refractivity contribution is 0.0988. The van der Waals surface area contributed by atoms with Crippen LogP contribution in [0.2, 0.25) is 0 Å². The lowest BCUT2D eigenvalue weighted by Gasteiger charge is -2.17. The zero-order chi connectivity index (χ0) is 23.0. The average molecular weight is 482 g/mol. The summed E-state index contributed by atoms with van der Waals surface area (Å²) >= 11 is 1.10. The molecular formula is C24H23N3O4S2.